The van der Waals surface area contributed by atoms with Crippen LogP contribution in [0.4, 0.5) is 5.69 Å². The molecule has 0 unspecified atom stereocenters. The minimum atomic E-state index is -4.21. The van der Waals surface area contributed by atoms with E-state index in [4.69, 9.17) is 4.74 Å². The normalized spacial score (nSPS) is 11.9. The van der Waals surface area contributed by atoms with Crippen LogP contribution < -0.4 is 14.4 Å². The molecule has 9 heteroatoms. The van der Waals surface area contributed by atoms with Crippen LogP contribution in [0.3, 0.4) is 0 Å². The maximum atomic E-state index is 14.5. The third-order valence-electron chi connectivity index (χ3n) is 7.10. The summed E-state index contributed by atoms with van der Waals surface area (Å²) in [5.41, 5.74) is 2.91. The van der Waals surface area contributed by atoms with Crippen molar-refractivity contribution in [3.63, 3.8) is 0 Å². The molecular weight excluding hydrogens is 574 g/mol. The summed E-state index contributed by atoms with van der Waals surface area (Å²) in [6, 6.07) is 30.7. The maximum Gasteiger partial charge on any atom is 0.264 e. The van der Waals surface area contributed by atoms with Crippen LogP contribution in [0.15, 0.2) is 114 Å². The number of ether oxygens (including phenoxy) is 1. The average Bonchev–Trinajstić information content (AvgIpc) is 3.02. The first kappa shape index (κ1) is 32.3. The van der Waals surface area contributed by atoms with Crippen LogP contribution >= 0.6 is 0 Å². The molecule has 0 bridgehead atoms. The lowest BCUT2D eigenvalue weighted by Crippen LogP contribution is -2.54. The topological polar surface area (TPSA) is 96.0 Å². The molecule has 0 aliphatic rings. The van der Waals surface area contributed by atoms with Gasteiger partial charge in [-0.25, -0.2) is 8.42 Å². The average molecular weight is 614 g/mol. The van der Waals surface area contributed by atoms with Crippen molar-refractivity contribution in [3.8, 4) is 5.75 Å². The van der Waals surface area contributed by atoms with Crippen molar-refractivity contribution >= 4 is 27.5 Å². The number of aryl methyl sites for hydroxylation is 1. The molecule has 0 radical (unpaired) electrons. The lowest BCUT2D eigenvalue weighted by molar-refractivity contribution is -0.140. The molecule has 0 aliphatic heterocycles. The summed E-state index contributed by atoms with van der Waals surface area (Å²) in [5, 5.41) is 2.97. The third kappa shape index (κ3) is 8.05. The largest absolute Gasteiger partial charge is 0.495 e. The predicted octanol–water partition coefficient (Wildman–Crippen LogP) is 5.36. The molecule has 1 N–H and O–H groups in total. The summed E-state index contributed by atoms with van der Waals surface area (Å²) in [6.07, 6.45) is 0.247. The van der Waals surface area contributed by atoms with Gasteiger partial charge >= 0.3 is 0 Å². The van der Waals surface area contributed by atoms with Crippen molar-refractivity contribution in [2.75, 3.05) is 18.0 Å². The van der Waals surface area contributed by atoms with E-state index in [0.29, 0.717) is 5.75 Å². The summed E-state index contributed by atoms with van der Waals surface area (Å²) in [5.74, 6) is -0.556. The number of carbonyl (C=O) groups excluding carboxylic acids is 2. The fraction of sp³-hybridized carbons (Fsp3) is 0.257. The fourth-order valence-electron chi connectivity index (χ4n) is 5.01. The zero-order valence-corrected chi connectivity index (χ0v) is 26.3. The highest BCUT2D eigenvalue weighted by Gasteiger charge is 2.35. The number of carbonyl (C=O) groups is 2. The lowest BCUT2D eigenvalue weighted by atomic mass is 10.0. The number of hydrogen-bond acceptors (Lipinski definition) is 5. The minimum absolute atomic E-state index is 0.0299. The highest BCUT2D eigenvalue weighted by Crippen LogP contribution is 2.32. The van der Waals surface area contributed by atoms with E-state index in [1.54, 1.807) is 42.5 Å². The monoisotopic (exact) mass is 613 g/mol. The van der Waals surface area contributed by atoms with E-state index < -0.39 is 28.5 Å². The van der Waals surface area contributed by atoms with Crippen molar-refractivity contribution in [1.82, 2.24) is 10.2 Å². The molecule has 0 aliphatic carbocycles. The number of sulfonamides is 1. The molecule has 0 saturated carbocycles. The Morgan fingerprint density at radius 3 is 2.07 bits per heavy atom. The van der Waals surface area contributed by atoms with Crippen molar-refractivity contribution in [3.05, 3.63) is 126 Å². The zero-order valence-electron chi connectivity index (χ0n) is 25.5. The van der Waals surface area contributed by atoms with Gasteiger partial charge in [-0.15, -0.1) is 0 Å². The van der Waals surface area contributed by atoms with Gasteiger partial charge in [0.25, 0.3) is 10.0 Å². The van der Waals surface area contributed by atoms with Crippen LogP contribution in [0.5, 0.6) is 5.75 Å². The molecule has 4 rings (SSSR count). The molecule has 0 aromatic heterocycles. The van der Waals surface area contributed by atoms with Crippen molar-refractivity contribution in [2.24, 2.45) is 0 Å². The number of hydrogen-bond donors (Lipinski definition) is 1. The van der Waals surface area contributed by atoms with E-state index in [0.717, 1.165) is 21.0 Å². The smallest absolute Gasteiger partial charge is 0.264 e. The van der Waals surface area contributed by atoms with Gasteiger partial charge in [0.2, 0.25) is 11.8 Å². The van der Waals surface area contributed by atoms with E-state index in [1.807, 2.05) is 75.4 Å². The summed E-state index contributed by atoms with van der Waals surface area (Å²) < 4.78 is 34.8. The number of nitrogens with zero attached hydrogens (tertiary/aromatic N) is 2. The number of para-hydroxylation sites is 2. The number of amides is 2. The van der Waals surface area contributed by atoms with Crippen molar-refractivity contribution < 1.29 is 22.7 Å². The molecule has 4 aromatic rings. The Hall–Kier alpha value is -4.63. The van der Waals surface area contributed by atoms with Crippen molar-refractivity contribution in [1.29, 1.82) is 0 Å². The van der Waals surface area contributed by atoms with E-state index in [9.17, 15) is 18.0 Å². The van der Waals surface area contributed by atoms with Crippen LogP contribution in [0.2, 0.25) is 0 Å². The SMILES string of the molecule is COc1ccccc1N(CC(=O)N(Cc1cccc(C)c1)[C@H](Cc1ccccc1)C(=O)NC(C)C)S(=O)(=O)c1ccccc1. The summed E-state index contributed by atoms with van der Waals surface area (Å²) in [4.78, 5) is 29.8. The van der Waals surface area contributed by atoms with Gasteiger partial charge in [0, 0.05) is 19.0 Å². The van der Waals surface area contributed by atoms with Gasteiger partial charge in [0.05, 0.1) is 17.7 Å². The van der Waals surface area contributed by atoms with Crippen LogP contribution in [0, 0.1) is 6.92 Å². The van der Waals surface area contributed by atoms with Gasteiger partial charge in [-0.2, -0.15) is 0 Å². The Labute approximate surface area is 260 Å². The molecule has 0 spiro atoms. The van der Waals surface area contributed by atoms with Crippen LogP contribution in [0.25, 0.3) is 0 Å². The Morgan fingerprint density at radius 2 is 1.43 bits per heavy atom. The van der Waals surface area contributed by atoms with Crippen LogP contribution in [0.1, 0.15) is 30.5 Å². The summed E-state index contributed by atoms with van der Waals surface area (Å²) in [7, 11) is -2.76. The standard InChI is InChI=1S/C35H39N3O5S/c1-26(2)36-35(40)32(23-28-15-7-5-8-16-28)37(24-29-17-13-14-27(3)22-29)34(39)25-38(31-20-11-12-21-33(31)43-4)44(41,42)30-18-9-6-10-19-30/h5-22,26,32H,23-25H2,1-4H3,(H,36,40)/t32-/m1/s1. The lowest BCUT2D eigenvalue weighted by Gasteiger charge is -2.34. The second-order valence-corrected chi connectivity index (χ2v) is 12.7. The molecule has 0 heterocycles. The summed E-state index contributed by atoms with van der Waals surface area (Å²) >= 11 is 0. The Balaban J connectivity index is 1.83. The zero-order chi connectivity index (χ0) is 31.7. The number of rotatable bonds is 13. The highest BCUT2D eigenvalue weighted by molar-refractivity contribution is 7.92. The molecule has 0 fully saturated rings. The molecule has 2 amide bonds. The second-order valence-electron chi connectivity index (χ2n) is 10.9. The first-order valence-corrected chi connectivity index (χ1v) is 15.9. The van der Waals surface area contributed by atoms with Crippen LogP contribution in [-0.4, -0.2) is 50.9 Å². The number of anilines is 1. The molecular formula is C35H39N3O5S. The van der Waals surface area contributed by atoms with Gasteiger partial charge in [-0.05, 0) is 56.2 Å². The van der Waals surface area contributed by atoms with Crippen molar-refractivity contribution in [2.45, 2.75) is 50.7 Å². The molecule has 4 aromatic carbocycles. The minimum Gasteiger partial charge on any atom is -0.495 e. The van der Waals surface area contributed by atoms with Gasteiger partial charge < -0.3 is 15.0 Å². The molecule has 230 valence electrons. The quantitative estimate of drug-likeness (QED) is 0.219. The van der Waals surface area contributed by atoms with E-state index >= 15 is 0 Å². The summed E-state index contributed by atoms with van der Waals surface area (Å²) in [6.45, 7) is 5.23. The Bertz CT molecular complexity index is 1660. The van der Waals surface area contributed by atoms with Crippen LogP contribution in [-0.2, 0) is 32.6 Å². The number of methoxy groups -OCH3 is 1. The highest BCUT2D eigenvalue weighted by atomic mass is 32.2. The molecule has 8 nitrogen and oxygen atoms in total. The number of nitrogens with one attached hydrogen (secondary N) is 1. The predicted molar refractivity (Wildman–Crippen MR) is 173 cm³/mol. The Kier molecular flexibility index (Phi) is 10.8. The second kappa shape index (κ2) is 14.7. The first-order valence-electron chi connectivity index (χ1n) is 14.5. The van der Waals surface area contributed by atoms with E-state index in [1.165, 1.54) is 24.1 Å². The molecule has 0 saturated heterocycles. The molecule has 44 heavy (non-hydrogen) atoms. The third-order valence-corrected chi connectivity index (χ3v) is 8.88. The van der Waals surface area contributed by atoms with E-state index in [-0.39, 0.29) is 35.5 Å². The van der Waals surface area contributed by atoms with Gasteiger partial charge in [-0.1, -0.05) is 90.5 Å². The van der Waals surface area contributed by atoms with Gasteiger partial charge in [0.15, 0.2) is 0 Å². The van der Waals surface area contributed by atoms with Gasteiger partial charge in [-0.3, -0.25) is 13.9 Å². The molecule has 1 atom stereocenters. The van der Waals surface area contributed by atoms with E-state index in [2.05, 4.69) is 5.32 Å². The number of benzene rings is 4. The Morgan fingerprint density at radius 1 is 0.818 bits per heavy atom. The first-order chi connectivity index (χ1) is 21.1. The van der Waals surface area contributed by atoms with Gasteiger partial charge in [0.1, 0.15) is 18.3 Å². The maximum absolute atomic E-state index is 14.5. The fourth-order valence-corrected chi connectivity index (χ4v) is 6.46.